The predicted octanol–water partition coefficient (Wildman–Crippen LogP) is 1.96. The van der Waals surface area contributed by atoms with Gasteiger partial charge in [-0.15, -0.1) is 0 Å². The van der Waals surface area contributed by atoms with Crippen molar-refractivity contribution in [2.24, 2.45) is 5.73 Å². The van der Waals surface area contributed by atoms with Crippen LogP contribution < -0.4 is 10.5 Å². The van der Waals surface area contributed by atoms with Crippen molar-refractivity contribution in [1.29, 1.82) is 0 Å². The van der Waals surface area contributed by atoms with E-state index in [2.05, 4.69) is 9.71 Å². The molecule has 0 aliphatic carbocycles. The molecule has 1 aromatic heterocycles. The highest BCUT2D eigenvalue weighted by molar-refractivity contribution is 7.92. The van der Waals surface area contributed by atoms with E-state index in [-0.39, 0.29) is 15.4 Å². The summed E-state index contributed by atoms with van der Waals surface area (Å²) in [5.74, 6) is -0.668. The lowest BCUT2D eigenvalue weighted by molar-refractivity contribution is 0.599. The zero-order valence-electron chi connectivity index (χ0n) is 11.0. The van der Waals surface area contributed by atoms with Crippen LogP contribution in [-0.2, 0) is 10.0 Å². The third-order valence-electron chi connectivity index (χ3n) is 2.80. The summed E-state index contributed by atoms with van der Waals surface area (Å²) >= 11 is 4.70. The van der Waals surface area contributed by atoms with Crippen LogP contribution in [0.25, 0.3) is 0 Å². The molecule has 0 fully saturated rings. The molecule has 0 aliphatic heterocycles. The molecule has 0 radical (unpaired) electrons. The van der Waals surface area contributed by atoms with E-state index in [0.29, 0.717) is 11.3 Å². The minimum Gasteiger partial charge on any atom is -0.389 e. The van der Waals surface area contributed by atoms with Gasteiger partial charge in [0.15, 0.2) is 0 Å². The summed E-state index contributed by atoms with van der Waals surface area (Å²) in [5, 5.41) is 0. The summed E-state index contributed by atoms with van der Waals surface area (Å²) in [5.41, 5.74) is 6.31. The SMILES string of the molecule is Cc1ccncc1NS(=O)(=O)c1ccc(F)c(C(N)=S)c1. The molecule has 21 heavy (non-hydrogen) atoms. The van der Waals surface area contributed by atoms with Crippen LogP contribution in [-0.4, -0.2) is 18.4 Å². The van der Waals surface area contributed by atoms with Gasteiger partial charge in [-0.05, 0) is 36.8 Å². The second-order valence-electron chi connectivity index (χ2n) is 4.30. The molecule has 2 aromatic rings. The molecule has 0 saturated carbocycles. The first-order valence-electron chi connectivity index (χ1n) is 5.84. The smallest absolute Gasteiger partial charge is 0.261 e. The van der Waals surface area contributed by atoms with Crippen LogP contribution in [0.1, 0.15) is 11.1 Å². The highest BCUT2D eigenvalue weighted by atomic mass is 32.2. The Kier molecular flexibility index (Phi) is 4.19. The molecule has 1 heterocycles. The molecule has 5 nitrogen and oxygen atoms in total. The van der Waals surface area contributed by atoms with Crippen molar-refractivity contribution in [2.75, 3.05) is 4.72 Å². The number of thiocarbonyl (C=S) groups is 1. The van der Waals surface area contributed by atoms with Crippen LogP contribution in [0, 0.1) is 12.7 Å². The molecule has 0 bridgehead atoms. The fourth-order valence-corrected chi connectivity index (χ4v) is 2.93. The largest absolute Gasteiger partial charge is 0.389 e. The van der Waals surface area contributed by atoms with E-state index in [9.17, 15) is 12.8 Å². The van der Waals surface area contributed by atoms with Crippen LogP contribution in [0.3, 0.4) is 0 Å². The summed E-state index contributed by atoms with van der Waals surface area (Å²) in [6.07, 6.45) is 2.95. The van der Waals surface area contributed by atoms with Gasteiger partial charge in [-0.1, -0.05) is 12.2 Å². The van der Waals surface area contributed by atoms with Gasteiger partial charge in [0.1, 0.15) is 10.8 Å². The van der Waals surface area contributed by atoms with Crippen molar-refractivity contribution in [1.82, 2.24) is 4.98 Å². The topological polar surface area (TPSA) is 85.1 Å². The Morgan fingerprint density at radius 1 is 1.38 bits per heavy atom. The number of nitrogens with one attached hydrogen (secondary N) is 1. The normalized spacial score (nSPS) is 11.1. The van der Waals surface area contributed by atoms with Gasteiger partial charge in [-0.2, -0.15) is 0 Å². The van der Waals surface area contributed by atoms with Crippen molar-refractivity contribution < 1.29 is 12.8 Å². The van der Waals surface area contributed by atoms with E-state index < -0.39 is 15.8 Å². The predicted molar refractivity (Wildman–Crippen MR) is 82.1 cm³/mol. The molecule has 0 spiro atoms. The lowest BCUT2D eigenvalue weighted by Crippen LogP contribution is -2.17. The van der Waals surface area contributed by atoms with Crippen molar-refractivity contribution >= 4 is 32.9 Å². The molecule has 2 rings (SSSR count). The monoisotopic (exact) mass is 325 g/mol. The minimum absolute atomic E-state index is 0.115. The molecule has 0 amide bonds. The number of halogens is 1. The van der Waals surface area contributed by atoms with E-state index in [4.69, 9.17) is 18.0 Å². The molecule has 0 atom stereocenters. The summed E-state index contributed by atoms with van der Waals surface area (Å²) in [6, 6.07) is 4.93. The van der Waals surface area contributed by atoms with Gasteiger partial charge >= 0.3 is 0 Å². The number of hydrogen-bond donors (Lipinski definition) is 2. The molecule has 3 N–H and O–H groups in total. The highest BCUT2D eigenvalue weighted by Crippen LogP contribution is 2.20. The molecule has 0 aliphatic rings. The van der Waals surface area contributed by atoms with Gasteiger partial charge in [0.2, 0.25) is 0 Å². The zero-order chi connectivity index (χ0) is 15.6. The first-order chi connectivity index (χ1) is 9.81. The van der Waals surface area contributed by atoms with E-state index in [1.165, 1.54) is 6.20 Å². The molecule has 110 valence electrons. The highest BCUT2D eigenvalue weighted by Gasteiger charge is 2.18. The maximum absolute atomic E-state index is 13.5. The second kappa shape index (κ2) is 5.74. The third kappa shape index (κ3) is 3.34. The van der Waals surface area contributed by atoms with E-state index in [1.807, 2.05) is 0 Å². The van der Waals surface area contributed by atoms with Crippen molar-refractivity contribution in [2.45, 2.75) is 11.8 Å². The average molecular weight is 325 g/mol. The van der Waals surface area contributed by atoms with Crippen LogP contribution in [0.4, 0.5) is 10.1 Å². The molecule has 8 heteroatoms. The summed E-state index contributed by atoms with van der Waals surface area (Å²) < 4.78 is 40.5. The minimum atomic E-state index is -3.88. The molecule has 0 saturated heterocycles. The van der Waals surface area contributed by atoms with Gasteiger partial charge in [-0.3, -0.25) is 9.71 Å². The number of pyridine rings is 1. The lowest BCUT2D eigenvalue weighted by atomic mass is 10.2. The van der Waals surface area contributed by atoms with Crippen LogP contribution in [0.15, 0.2) is 41.6 Å². The first kappa shape index (κ1) is 15.3. The number of sulfonamides is 1. The number of anilines is 1. The number of benzene rings is 1. The van der Waals surface area contributed by atoms with Gasteiger partial charge in [0.25, 0.3) is 10.0 Å². The second-order valence-corrected chi connectivity index (χ2v) is 6.42. The first-order valence-corrected chi connectivity index (χ1v) is 7.73. The lowest BCUT2D eigenvalue weighted by Gasteiger charge is -2.11. The maximum Gasteiger partial charge on any atom is 0.261 e. The third-order valence-corrected chi connectivity index (χ3v) is 4.38. The van der Waals surface area contributed by atoms with E-state index >= 15 is 0 Å². The number of nitrogens with two attached hydrogens (primary N) is 1. The van der Waals surface area contributed by atoms with Crippen LogP contribution in [0.5, 0.6) is 0 Å². The number of aryl methyl sites for hydroxylation is 1. The Hall–Kier alpha value is -2.06. The van der Waals surface area contributed by atoms with E-state index in [1.54, 1.807) is 19.2 Å². The Balaban J connectivity index is 2.43. The number of rotatable bonds is 4. The quantitative estimate of drug-likeness (QED) is 0.840. The number of hydrogen-bond acceptors (Lipinski definition) is 4. The molecular formula is C13H12FN3O2S2. The molecular weight excluding hydrogens is 313 g/mol. The number of aromatic nitrogens is 1. The van der Waals surface area contributed by atoms with Crippen molar-refractivity contribution in [3.8, 4) is 0 Å². The number of nitrogens with zero attached hydrogens (tertiary/aromatic N) is 1. The van der Waals surface area contributed by atoms with Gasteiger partial charge < -0.3 is 5.73 Å². The van der Waals surface area contributed by atoms with Gasteiger partial charge in [0.05, 0.1) is 16.8 Å². The van der Waals surface area contributed by atoms with Crippen molar-refractivity contribution in [3.05, 3.63) is 53.6 Å². The van der Waals surface area contributed by atoms with Crippen molar-refractivity contribution in [3.63, 3.8) is 0 Å². The molecule has 0 unspecified atom stereocenters. The summed E-state index contributed by atoms with van der Waals surface area (Å²) in [6.45, 7) is 1.74. The van der Waals surface area contributed by atoms with Gasteiger partial charge in [-0.25, -0.2) is 12.8 Å². The Morgan fingerprint density at radius 2 is 2.10 bits per heavy atom. The zero-order valence-corrected chi connectivity index (χ0v) is 12.6. The fourth-order valence-electron chi connectivity index (χ4n) is 1.63. The molecule has 1 aromatic carbocycles. The summed E-state index contributed by atoms with van der Waals surface area (Å²) in [7, 11) is -3.88. The Morgan fingerprint density at radius 3 is 2.71 bits per heavy atom. The van der Waals surface area contributed by atoms with Crippen LogP contribution >= 0.6 is 12.2 Å². The standard InChI is InChI=1S/C13H12FN3O2S2/c1-8-4-5-16-7-12(8)17-21(18,19)9-2-3-11(14)10(6-9)13(15)20/h2-7,17H,1H3,(H2,15,20). The summed E-state index contributed by atoms with van der Waals surface area (Å²) in [4.78, 5) is 3.52. The average Bonchev–Trinajstić information content (AvgIpc) is 2.41. The Labute approximate surface area is 127 Å². The van der Waals surface area contributed by atoms with Gasteiger partial charge in [0, 0.05) is 11.8 Å². The fraction of sp³-hybridized carbons (Fsp3) is 0.0769. The Bertz CT molecular complexity index is 807. The van der Waals surface area contributed by atoms with E-state index in [0.717, 1.165) is 18.2 Å². The maximum atomic E-state index is 13.5. The van der Waals surface area contributed by atoms with Crippen LogP contribution in [0.2, 0.25) is 0 Å².